The molecule has 0 saturated carbocycles. The molecule has 0 saturated heterocycles. The zero-order valence-electron chi connectivity index (χ0n) is 10.1. The number of carbonyl (C=O) groups is 1. The fourth-order valence-electron chi connectivity index (χ4n) is 1.69. The largest absolute Gasteiger partial charge is 0.292 e. The molecule has 1 aromatic rings. The van der Waals surface area contributed by atoms with Crippen molar-refractivity contribution < 1.29 is 4.79 Å². The Bertz CT molecular complexity index is 345. The SMILES string of the molecule is C=C(CCC)c1cccnc1C(=O)CCC. The van der Waals surface area contributed by atoms with Crippen molar-refractivity contribution in [3.8, 4) is 0 Å². The summed E-state index contributed by atoms with van der Waals surface area (Å²) in [4.78, 5) is 16.1. The van der Waals surface area contributed by atoms with Gasteiger partial charge < -0.3 is 0 Å². The van der Waals surface area contributed by atoms with Gasteiger partial charge in [-0.25, -0.2) is 0 Å². The molecule has 1 rings (SSSR count). The Kier molecular flexibility index (Phi) is 4.90. The summed E-state index contributed by atoms with van der Waals surface area (Å²) in [5.41, 5.74) is 2.51. The minimum atomic E-state index is 0.121. The first-order chi connectivity index (χ1) is 7.70. The van der Waals surface area contributed by atoms with Crippen LogP contribution in [-0.4, -0.2) is 10.8 Å². The second-order valence-electron chi connectivity index (χ2n) is 3.93. The first kappa shape index (κ1) is 12.6. The van der Waals surface area contributed by atoms with E-state index in [0.29, 0.717) is 12.1 Å². The monoisotopic (exact) mass is 217 g/mol. The molecule has 1 aromatic heterocycles. The van der Waals surface area contributed by atoms with Crippen molar-refractivity contribution in [3.63, 3.8) is 0 Å². The molecular weight excluding hydrogens is 198 g/mol. The number of hydrogen-bond donors (Lipinski definition) is 0. The van der Waals surface area contributed by atoms with E-state index in [9.17, 15) is 4.79 Å². The molecule has 1 heterocycles. The number of rotatable bonds is 6. The highest BCUT2D eigenvalue weighted by atomic mass is 16.1. The summed E-state index contributed by atoms with van der Waals surface area (Å²) in [6.07, 6.45) is 5.04. The van der Waals surface area contributed by atoms with Crippen molar-refractivity contribution in [2.24, 2.45) is 0 Å². The second kappa shape index (κ2) is 6.21. The molecule has 86 valence electrons. The molecule has 0 aliphatic heterocycles. The number of Topliss-reactive ketones (excluding diaryl/α,β-unsaturated/α-hetero) is 1. The molecule has 0 spiro atoms. The van der Waals surface area contributed by atoms with Gasteiger partial charge in [0.25, 0.3) is 0 Å². The zero-order chi connectivity index (χ0) is 12.0. The maximum absolute atomic E-state index is 11.9. The first-order valence-electron chi connectivity index (χ1n) is 5.87. The van der Waals surface area contributed by atoms with E-state index in [-0.39, 0.29) is 5.78 Å². The summed E-state index contributed by atoms with van der Waals surface area (Å²) < 4.78 is 0. The van der Waals surface area contributed by atoms with E-state index < -0.39 is 0 Å². The maximum atomic E-state index is 11.9. The van der Waals surface area contributed by atoms with Crippen LogP contribution < -0.4 is 0 Å². The first-order valence-corrected chi connectivity index (χ1v) is 5.87. The predicted molar refractivity (Wildman–Crippen MR) is 67.4 cm³/mol. The lowest BCUT2D eigenvalue weighted by Gasteiger charge is -2.09. The maximum Gasteiger partial charge on any atom is 0.181 e. The van der Waals surface area contributed by atoms with Gasteiger partial charge in [-0.05, 0) is 24.5 Å². The minimum Gasteiger partial charge on any atom is -0.292 e. The third kappa shape index (κ3) is 3.02. The molecule has 0 aliphatic carbocycles. The van der Waals surface area contributed by atoms with Crippen LogP contribution in [0.15, 0.2) is 24.9 Å². The third-order valence-corrected chi connectivity index (χ3v) is 2.48. The Morgan fingerprint density at radius 1 is 1.31 bits per heavy atom. The van der Waals surface area contributed by atoms with Crippen LogP contribution >= 0.6 is 0 Å². The standard InChI is InChI=1S/C14H19NO/c1-4-7-11(3)12-9-6-10-15-14(12)13(16)8-5-2/h6,9-10H,3-5,7-8H2,1-2H3. The summed E-state index contributed by atoms with van der Waals surface area (Å²) in [6.45, 7) is 8.13. The molecular formula is C14H19NO. The van der Waals surface area contributed by atoms with Crippen LogP contribution in [-0.2, 0) is 0 Å². The molecule has 0 aromatic carbocycles. The molecule has 0 bridgehead atoms. The van der Waals surface area contributed by atoms with Crippen molar-refractivity contribution in [1.29, 1.82) is 0 Å². The van der Waals surface area contributed by atoms with Crippen molar-refractivity contribution in [1.82, 2.24) is 4.98 Å². The fourth-order valence-corrected chi connectivity index (χ4v) is 1.69. The Hall–Kier alpha value is -1.44. The lowest BCUT2D eigenvalue weighted by Crippen LogP contribution is -2.05. The second-order valence-corrected chi connectivity index (χ2v) is 3.93. The van der Waals surface area contributed by atoms with Crippen molar-refractivity contribution >= 4 is 11.4 Å². The molecule has 2 heteroatoms. The molecule has 0 atom stereocenters. The van der Waals surface area contributed by atoms with Gasteiger partial charge in [0.05, 0.1) is 0 Å². The average molecular weight is 217 g/mol. The van der Waals surface area contributed by atoms with Crippen LogP contribution in [0.25, 0.3) is 5.57 Å². The fraction of sp³-hybridized carbons (Fsp3) is 0.429. The van der Waals surface area contributed by atoms with Gasteiger partial charge in [0.2, 0.25) is 0 Å². The van der Waals surface area contributed by atoms with E-state index in [2.05, 4.69) is 18.5 Å². The van der Waals surface area contributed by atoms with Gasteiger partial charge in [0.1, 0.15) is 5.69 Å². The van der Waals surface area contributed by atoms with E-state index in [0.717, 1.165) is 30.4 Å². The highest BCUT2D eigenvalue weighted by Gasteiger charge is 2.13. The van der Waals surface area contributed by atoms with Crippen LogP contribution in [0.3, 0.4) is 0 Å². The van der Waals surface area contributed by atoms with Crippen molar-refractivity contribution in [2.45, 2.75) is 39.5 Å². The number of ketones is 1. The summed E-state index contributed by atoms with van der Waals surface area (Å²) in [5.74, 6) is 0.121. The van der Waals surface area contributed by atoms with E-state index in [1.165, 1.54) is 0 Å². The van der Waals surface area contributed by atoms with Crippen molar-refractivity contribution in [2.75, 3.05) is 0 Å². The molecule has 0 amide bonds. The number of nitrogens with zero attached hydrogens (tertiary/aromatic N) is 1. The van der Waals surface area contributed by atoms with Crippen molar-refractivity contribution in [3.05, 3.63) is 36.2 Å². The molecule has 2 nitrogen and oxygen atoms in total. The Balaban J connectivity index is 3.00. The summed E-state index contributed by atoms with van der Waals surface area (Å²) in [6, 6.07) is 3.80. The van der Waals surface area contributed by atoms with E-state index in [1.54, 1.807) is 6.20 Å². The van der Waals surface area contributed by atoms with Gasteiger partial charge in [0, 0.05) is 18.2 Å². The summed E-state index contributed by atoms with van der Waals surface area (Å²) in [7, 11) is 0. The lowest BCUT2D eigenvalue weighted by molar-refractivity contribution is 0.0976. The molecule has 0 unspecified atom stereocenters. The van der Waals surface area contributed by atoms with E-state index in [1.807, 2.05) is 19.1 Å². The zero-order valence-corrected chi connectivity index (χ0v) is 10.1. The highest BCUT2D eigenvalue weighted by Crippen LogP contribution is 2.21. The normalized spacial score (nSPS) is 10.1. The lowest BCUT2D eigenvalue weighted by atomic mass is 9.98. The van der Waals surface area contributed by atoms with Crippen LogP contribution in [0.4, 0.5) is 0 Å². The van der Waals surface area contributed by atoms with Gasteiger partial charge in [-0.3, -0.25) is 9.78 Å². The van der Waals surface area contributed by atoms with Gasteiger partial charge >= 0.3 is 0 Å². The van der Waals surface area contributed by atoms with Crippen LogP contribution in [0.2, 0.25) is 0 Å². The number of pyridine rings is 1. The van der Waals surface area contributed by atoms with E-state index >= 15 is 0 Å². The third-order valence-electron chi connectivity index (χ3n) is 2.48. The van der Waals surface area contributed by atoms with Crippen LogP contribution in [0.1, 0.15) is 55.6 Å². The van der Waals surface area contributed by atoms with E-state index in [4.69, 9.17) is 0 Å². The van der Waals surface area contributed by atoms with Gasteiger partial charge in [0.15, 0.2) is 5.78 Å². The number of aromatic nitrogens is 1. The summed E-state index contributed by atoms with van der Waals surface area (Å²) in [5, 5.41) is 0. The number of allylic oxidation sites excluding steroid dienone is 1. The predicted octanol–water partition coefficient (Wildman–Crippen LogP) is 3.88. The molecule has 0 fully saturated rings. The highest BCUT2D eigenvalue weighted by molar-refractivity contribution is 5.98. The van der Waals surface area contributed by atoms with Crippen LogP contribution in [0.5, 0.6) is 0 Å². The molecule has 0 N–H and O–H groups in total. The van der Waals surface area contributed by atoms with Gasteiger partial charge in [-0.2, -0.15) is 0 Å². The number of hydrogen-bond acceptors (Lipinski definition) is 2. The Morgan fingerprint density at radius 2 is 2.00 bits per heavy atom. The van der Waals surface area contributed by atoms with Gasteiger partial charge in [-0.1, -0.05) is 32.9 Å². The summed E-state index contributed by atoms with van der Waals surface area (Å²) >= 11 is 0. The Morgan fingerprint density at radius 3 is 2.62 bits per heavy atom. The van der Waals surface area contributed by atoms with Crippen LogP contribution in [0, 0.1) is 0 Å². The average Bonchev–Trinajstić information content (AvgIpc) is 2.30. The topological polar surface area (TPSA) is 30.0 Å². The minimum absolute atomic E-state index is 0.121. The quantitative estimate of drug-likeness (QED) is 0.677. The Labute approximate surface area is 97.4 Å². The molecule has 16 heavy (non-hydrogen) atoms. The molecule has 0 radical (unpaired) electrons. The van der Waals surface area contributed by atoms with Gasteiger partial charge in [-0.15, -0.1) is 0 Å². The smallest absolute Gasteiger partial charge is 0.181 e. The molecule has 0 aliphatic rings. The number of carbonyl (C=O) groups excluding carboxylic acids is 1.